The molecule has 1 amide bonds. The first-order valence-corrected chi connectivity index (χ1v) is 7.62. The minimum atomic E-state index is -0.646. The highest BCUT2D eigenvalue weighted by Gasteiger charge is 2.31. The Labute approximate surface area is 121 Å². The zero-order chi connectivity index (χ0) is 14.4. The van der Waals surface area contributed by atoms with Crippen LogP contribution in [-0.4, -0.2) is 23.2 Å². The maximum absolute atomic E-state index is 11.8. The van der Waals surface area contributed by atoms with Crippen LogP contribution >= 0.6 is 0 Å². The molecule has 0 radical (unpaired) electrons. The number of rotatable bonds is 6. The minimum Gasteiger partial charge on any atom is -0.388 e. The van der Waals surface area contributed by atoms with E-state index in [0.29, 0.717) is 13.0 Å². The molecular weight excluding hydrogens is 250 g/mol. The van der Waals surface area contributed by atoms with Crippen molar-refractivity contribution in [1.82, 2.24) is 5.32 Å². The summed E-state index contributed by atoms with van der Waals surface area (Å²) in [5.41, 5.74) is 1.89. The molecule has 1 saturated carbocycles. The van der Waals surface area contributed by atoms with Gasteiger partial charge in [0.25, 0.3) is 0 Å². The van der Waals surface area contributed by atoms with Crippen molar-refractivity contribution in [3.63, 3.8) is 0 Å². The van der Waals surface area contributed by atoms with E-state index in [2.05, 4.69) is 36.5 Å². The Hall–Kier alpha value is -1.35. The van der Waals surface area contributed by atoms with Gasteiger partial charge in [-0.05, 0) is 38.2 Å². The van der Waals surface area contributed by atoms with E-state index in [1.54, 1.807) is 0 Å². The summed E-state index contributed by atoms with van der Waals surface area (Å²) in [5.74, 6) is 0.0532. The summed E-state index contributed by atoms with van der Waals surface area (Å²) < 4.78 is 0. The van der Waals surface area contributed by atoms with Crippen LogP contribution in [-0.2, 0) is 11.2 Å². The lowest BCUT2D eigenvalue weighted by Gasteiger charge is -2.22. The quantitative estimate of drug-likeness (QED) is 0.838. The lowest BCUT2D eigenvalue weighted by atomic mass is 10.0. The van der Waals surface area contributed by atoms with Crippen LogP contribution in [0.25, 0.3) is 0 Å². The van der Waals surface area contributed by atoms with Gasteiger partial charge in [-0.15, -0.1) is 0 Å². The van der Waals surface area contributed by atoms with Gasteiger partial charge in [0.2, 0.25) is 5.91 Å². The molecule has 1 aliphatic carbocycles. The van der Waals surface area contributed by atoms with Gasteiger partial charge in [-0.3, -0.25) is 4.79 Å². The first kappa shape index (κ1) is 15.0. The fourth-order valence-corrected chi connectivity index (χ4v) is 2.77. The van der Waals surface area contributed by atoms with Crippen molar-refractivity contribution in [3.8, 4) is 0 Å². The van der Waals surface area contributed by atoms with Crippen LogP contribution in [0.4, 0.5) is 0 Å². The molecule has 0 unspecified atom stereocenters. The molecular formula is C17H25NO2. The van der Waals surface area contributed by atoms with E-state index >= 15 is 0 Å². The molecule has 0 aromatic heterocycles. The fraction of sp³-hybridized carbons (Fsp3) is 0.588. The van der Waals surface area contributed by atoms with E-state index in [-0.39, 0.29) is 5.91 Å². The monoisotopic (exact) mass is 275 g/mol. The Morgan fingerprint density at radius 3 is 2.55 bits per heavy atom. The lowest BCUT2D eigenvalue weighted by Crippen LogP contribution is -2.40. The van der Waals surface area contributed by atoms with E-state index in [0.717, 1.165) is 38.5 Å². The highest BCUT2D eigenvalue weighted by atomic mass is 16.3. The van der Waals surface area contributed by atoms with Crippen LogP contribution in [0.3, 0.4) is 0 Å². The van der Waals surface area contributed by atoms with Crippen LogP contribution in [0.1, 0.15) is 49.7 Å². The minimum absolute atomic E-state index is 0.0532. The molecule has 3 heteroatoms. The summed E-state index contributed by atoms with van der Waals surface area (Å²) in [6.07, 6.45) is 6.09. The number of carbonyl (C=O) groups excluding carboxylic acids is 1. The second-order valence-corrected chi connectivity index (χ2v) is 6.05. The van der Waals surface area contributed by atoms with E-state index < -0.39 is 5.60 Å². The van der Waals surface area contributed by atoms with Crippen molar-refractivity contribution in [3.05, 3.63) is 35.4 Å². The number of carbonyl (C=O) groups is 1. The molecule has 0 heterocycles. The van der Waals surface area contributed by atoms with Gasteiger partial charge in [-0.2, -0.15) is 0 Å². The maximum Gasteiger partial charge on any atom is 0.220 e. The highest BCUT2D eigenvalue weighted by molar-refractivity contribution is 5.75. The molecule has 0 aliphatic heterocycles. The first-order chi connectivity index (χ1) is 9.57. The number of benzene rings is 1. The Balaban J connectivity index is 1.64. The second-order valence-electron chi connectivity index (χ2n) is 6.05. The Bertz CT molecular complexity index is 433. The summed E-state index contributed by atoms with van der Waals surface area (Å²) in [4.78, 5) is 11.8. The normalized spacial score (nSPS) is 17.1. The molecule has 110 valence electrons. The van der Waals surface area contributed by atoms with Crippen LogP contribution < -0.4 is 5.32 Å². The predicted molar refractivity (Wildman–Crippen MR) is 80.5 cm³/mol. The zero-order valence-corrected chi connectivity index (χ0v) is 12.3. The third-order valence-corrected chi connectivity index (χ3v) is 4.14. The van der Waals surface area contributed by atoms with Crippen LogP contribution in [0, 0.1) is 6.92 Å². The molecule has 0 atom stereocenters. The molecule has 1 fully saturated rings. The van der Waals surface area contributed by atoms with Gasteiger partial charge in [-0.25, -0.2) is 0 Å². The number of nitrogens with one attached hydrogen (secondary N) is 1. The topological polar surface area (TPSA) is 49.3 Å². The number of amides is 1. The molecule has 2 rings (SSSR count). The SMILES string of the molecule is Cc1ccc(CCCC(=O)NCC2(O)CCCC2)cc1. The van der Waals surface area contributed by atoms with E-state index in [1.807, 2.05) is 0 Å². The van der Waals surface area contributed by atoms with Gasteiger partial charge in [-0.1, -0.05) is 42.7 Å². The van der Waals surface area contributed by atoms with Crippen LogP contribution in [0.5, 0.6) is 0 Å². The fourth-order valence-electron chi connectivity index (χ4n) is 2.77. The Morgan fingerprint density at radius 2 is 1.90 bits per heavy atom. The van der Waals surface area contributed by atoms with Gasteiger partial charge in [0.05, 0.1) is 5.60 Å². The van der Waals surface area contributed by atoms with Gasteiger partial charge < -0.3 is 10.4 Å². The molecule has 0 saturated heterocycles. The van der Waals surface area contributed by atoms with Crippen molar-refractivity contribution < 1.29 is 9.90 Å². The van der Waals surface area contributed by atoms with Crippen molar-refractivity contribution in [2.45, 2.75) is 57.5 Å². The highest BCUT2D eigenvalue weighted by Crippen LogP contribution is 2.28. The van der Waals surface area contributed by atoms with Crippen LogP contribution in [0.2, 0.25) is 0 Å². The summed E-state index contributed by atoms with van der Waals surface area (Å²) in [7, 11) is 0. The number of aliphatic hydroxyl groups is 1. The lowest BCUT2D eigenvalue weighted by molar-refractivity contribution is -0.122. The third kappa shape index (κ3) is 4.64. The Kier molecular flexibility index (Phi) is 5.18. The average Bonchev–Trinajstić information content (AvgIpc) is 2.86. The Morgan fingerprint density at radius 1 is 1.25 bits per heavy atom. The third-order valence-electron chi connectivity index (χ3n) is 4.14. The number of aryl methyl sites for hydroxylation is 2. The molecule has 0 spiro atoms. The molecule has 2 N–H and O–H groups in total. The second kappa shape index (κ2) is 6.89. The summed E-state index contributed by atoms with van der Waals surface area (Å²) >= 11 is 0. The average molecular weight is 275 g/mol. The molecule has 1 aliphatic rings. The van der Waals surface area contributed by atoms with Gasteiger partial charge in [0.15, 0.2) is 0 Å². The largest absolute Gasteiger partial charge is 0.388 e. The molecule has 20 heavy (non-hydrogen) atoms. The molecule has 1 aromatic rings. The van der Waals surface area contributed by atoms with Crippen molar-refractivity contribution in [2.75, 3.05) is 6.54 Å². The van der Waals surface area contributed by atoms with Gasteiger partial charge >= 0.3 is 0 Å². The predicted octanol–water partition coefficient (Wildman–Crippen LogP) is 2.74. The summed E-state index contributed by atoms with van der Waals surface area (Å²) in [6.45, 7) is 2.49. The molecule has 3 nitrogen and oxygen atoms in total. The van der Waals surface area contributed by atoms with Crippen LogP contribution in [0.15, 0.2) is 24.3 Å². The van der Waals surface area contributed by atoms with E-state index in [9.17, 15) is 9.90 Å². The maximum atomic E-state index is 11.8. The molecule has 0 bridgehead atoms. The standard InChI is InChI=1S/C17H25NO2/c1-14-7-9-15(10-8-14)5-4-6-16(19)18-13-17(20)11-2-3-12-17/h7-10,20H,2-6,11-13H2,1H3,(H,18,19). The number of hydrogen-bond donors (Lipinski definition) is 2. The van der Waals surface area contributed by atoms with Crippen molar-refractivity contribution >= 4 is 5.91 Å². The number of hydrogen-bond acceptors (Lipinski definition) is 2. The van der Waals surface area contributed by atoms with Crippen molar-refractivity contribution in [2.24, 2.45) is 0 Å². The van der Waals surface area contributed by atoms with Crippen molar-refractivity contribution in [1.29, 1.82) is 0 Å². The molecule has 1 aromatic carbocycles. The van der Waals surface area contributed by atoms with Gasteiger partial charge in [0, 0.05) is 13.0 Å². The van der Waals surface area contributed by atoms with E-state index in [4.69, 9.17) is 0 Å². The summed E-state index contributed by atoms with van der Waals surface area (Å²) in [6, 6.07) is 8.44. The van der Waals surface area contributed by atoms with Gasteiger partial charge in [0.1, 0.15) is 0 Å². The van der Waals surface area contributed by atoms with E-state index in [1.165, 1.54) is 11.1 Å². The smallest absolute Gasteiger partial charge is 0.220 e. The first-order valence-electron chi connectivity index (χ1n) is 7.62. The zero-order valence-electron chi connectivity index (χ0n) is 12.3. The summed E-state index contributed by atoms with van der Waals surface area (Å²) in [5, 5.41) is 13.0.